The number of rotatable bonds is 3. The van der Waals surface area contributed by atoms with Gasteiger partial charge in [0.1, 0.15) is 17.1 Å². The van der Waals surface area contributed by atoms with E-state index in [-0.39, 0.29) is 17.5 Å². The van der Waals surface area contributed by atoms with Gasteiger partial charge in [0.2, 0.25) is 5.88 Å². The molecule has 0 bridgehead atoms. The number of halogens is 3. The third kappa shape index (κ3) is 2.99. The van der Waals surface area contributed by atoms with Crippen LogP contribution >= 0.6 is 0 Å². The molecule has 112 valence electrons. The maximum absolute atomic E-state index is 12.5. The molecule has 1 heterocycles. The summed E-state index contributed by atoms with van der Waals surface area (Å²) in [5.74, 6) is 0.191. The minimum atomic E-state index is -4.40. The first-order chi connectivity index (χ1) is 9.70. The molecule has 0 saturated heterocycles. The fraction of sp³-hybridized carbons (Fsp3) is 0.231. The lowest BCUT2D eigenvalue weighted by atomic mass is 10.2. The van der Waals surface area contributed by atoms with Gasteiger partial charge in [-0.2, -0.15) is 18.3 Å². The molecule has 21 heavy (non-hydrogen) atoms. The van der Waals surface area contributed by atoms with Crippen molar-refractivity contribution >= 4 is 5.84 Å². The summed E-state index contributed by atoms with van der Waals surface area (Å²) in [5, 5.41) is 11.6. The highest BCUT2D eigenvalue weighted by atomic mass is 19.4. The molecule has 5 nitrogen and oxygen atoms in total. The number of amidine groups is 1. The van der Waals surface area contributed by atoms with Crippen molar-refractivity contribution in [2.24, 2.45) is 12.8 Å². The molecule has 0 aliphatic carbocycles. The quantitative estimate of drug-likeness (QED) is 0.675. The van der Waals surface area contributed by atoms with E-state index in [4.69, 9.17) is 15.9 Å². The second-order valence-electron chi connectivity index (χ2n) is 4.43. The van der Waals surface area contributed by atoms with Crippen LogP contribution in [0.4, 0.5) is 13.2 Å². The molecule has 0 spiro atoms. The number of hydrogen-bond donors (Lipinski definition) is 2. The fourth-order valence-electron chi connectivity index (χ4n) is 1.89. The monoisotopic (exact) mass is 298 g/mol. The predicted octanol–water partition coefficient (Wildman–Crippen LogP) is 2.82. The van der Waals surface area contributed by atoms with E-state index in [9.17, 15) is 13.2 Å². The lowest BCUT2D eigenvalue weighted by Gasteiger charge is -2.10. The SMILES string of the molecule is Cc1nn(C)c(Oc2ccc(C(F)(F)F)cc2)c1C(=N)N. The molecular formula is C13H13F3N4O. The van der Waals surface area contributed by atoms with E-state index < -0.39 is 11.7 Å². The van der Waals surface area contributed by atoms with Gasteiger partial charge in [0.15, 0.2) is 0 Å². The van der Waals surface area contributed by atoms with Gasteiger partial charge >= 0.3 is 6.18 Å². The lowest BCUT2D eigenvalue weighted by Crippen LogP contribution is -2.13. The standard InChI is InChI=1S/C13H13F3N4O/c1-7-10(11(17)18)12(20(2)19-7)21-9-5-3-8(4-6-9)13(14,15)16/h3-6H,1-2H3,(H3,17,18). The second-order valence-corrected chi connectivity index (χ2v) is 4.43. The molecule has 0 fully saturated rings. The fourth-order valence-corrected chi connectivity index (χ4v) is 1.89. The van der Waals surface area contributed by atoms with E-state index >= 15 is 0 Å². The number of alkyl halides is 3. The van der Waals surface area contributed by atoms with Gasteiger partial charge in [-0.15, -0.1) is 0 Å². The molecule has 1 aromatic carbocycles. The Balaban J connectivity index is 2.33. The Kier molecular flexibility index (Phi) is 3.63. The molecule has 8 heteroatoms. The summed E-state index contributed by atoms with van der Waals surface area (Å²) in [7, 11) is 1.60. The van der Waals surface area contributed by atoms with Crippen LogP contribution in [0.5, 0.6) is 11.6 Å². The zero-order chi connectivity index (χ0) is 15.8. The molecule has 2 rings (SSSR count). The van der Waals surface area contributed by atoms with Crippen LogP contribution in [0.15, 0.2) is 24.3 Å². The zero-order valence-electron chi connectivity index (χ0n) is 11.3. The van der Waals surface area contributed by atoms with E-state index in [0.29, 0.717) is 11.3 Å². The maximum atomic E-state index is 12.5. The Hall–Kier alpha value is -2.51. The van der Waals surface area contributed by atoms with Gasteiger partial charge in [0.05, 0.1) is 11.3 Å². The third-order valence-electron chi connectivity index (χ3n) is 2.84. The van der Waals surface area contributed by atoms with E-state index in [2.05, 4.69) is 5.10 Å². The predicted molar refractivity (Wildman–Crippen MR) is 70.5 cm³/mol. The zero-order valence-corrected chi connectivity index (χ0v) is 11.3. The van der Waals surface area contributed by atoms with Crippen molar-refractivity contribution in [3.05, 3.63) is 41.1 Å². The number of benzene rings is 1. The van der Waals surface area contributed by atoms with Gasteiger partial charge in [0, 0.05) is 7.05 Å². The molecule has 0 unspecified atom stereocenters. The lowest BCUT2D eigenvalue weighted by molar-refractivity contribution is -0.137. The molecule has 0 aliphatic rings. The normalized spacial score (nSPS) is 11.5. The van der Waals surface area contributed by atoms with E-state index in [1.165, 1.54) is 16.8 Å². The number of aromatic nitrogens is 2. The van der Waals surface area contributed by atoms with Crippen LogP contribution < -0.4 is 10.5 Å². The van der Waals surface area contributed by atoms with Gasteiger partial charge in [-0.05, 0) is 31.2 Å². The second kappa shape index (κ2) is 5.12. The third-order valence-corrected chi connectivity index (χ3v) is 2.84. The van der Waals surface area contributed by atoms with Gasteiger partial charge in [-0.3, -0.25) is 5.41 Å². The van der Waals surface area contributed by atoms with Crippen molar-refractivity contribution in [1.82, 2.24) is 9.78 Å². The number of nitrogens with two attached hydrogens (primary N) is 1. The molecule has 0 amide bonds. The molecule has 1 aromatic heterocycles. The molecule has 2 aromatic rings. The van der Waals surface area contributed by atoms with Crippen LogP contribution in [0.2, 0.25) is 0 Å². The number of ether oxygens (including phenoxy) is 1. The first-order valence-electron chi connectivity index (χ1n) is 5.93. The Morgan fingerprint density at radius 1 is 1.29 bits per heavy atom. The molecule has 0 saturated carbocycles. The topological polar surface area (TPSA) is 76.9 Å². The highest BCUT2D eigenvalue weighted by Crippen LogP contribution is 2.32. The average Bonchev–Trinajstić information content (AvgIpc) is 2.63. The van der Waals surface area contributed by atoms with Gasteiger partial charge in [-0.1, -0.05) is 0 Å². The Labute approximate surface area is 118 Å². The number of nitrogens with zero attached hydrogens (tertiary/aromatic N) is 2. The smallest absolute Gasteiger partial charge is 0.416 e. The molecule has 0 radical (unpaired) electrons. The first kappa shape index (κ1) is 14.9. The van der Waals surface area contributed by atoms with Crippen LogP contribution in [-0.2, 0) is 13.2 Å². The van der Waals surface area contributed by atoms with Crippen molar-refractivity contribution in [2.45, 2.75) is 13.1 Å². The maximum Gasteiger partial charge on any atom is 0.416 e. The van der Waals surface area contributed by atoms with Crippen LogP contribution in [0.25, 0.3) is 0 Å². The summed E-state index contributed by atoms with van der Waals surface area (Å²) < 4.78 is 44.3. The minimum Gasteiger partial charge on any atom is -0.439 e. The number of nitrogen functional groups attached to an aromatic ring is 1. The number of hydrogen-bond acceptors (Lipinski definition) is 3. The average molecular weight is 298 g/mol. The summed E-state index contributed by atoms with van der Waals surface area (Å²) >= 11 is 0. The highest BCUT2D eigenvalue weighted by Gasteiger charge is 2.30. The van der Waals surface area contributed by atoms with Gasteiger partial charge in [-0.25, -0.2) is 4.68 Å². The summed E-state index contributed by atoms with van der Waals surface area (Å²) in [6.45, 7) is 1.66. The number of aryl methyl sites for hydroxylation is 2. The summed E-state index contributed by atoms with van der Waals surface area (Å²) in [6.07, 6.45) is -4.40. The van der Waals surface area contributed by atoms with Crippen LogP contribution in [-0.4, -0.2) is 15.6 Å². The summed E-state index contributed by atoms with van der Waals surface area (Å²) in [5.41, 5.74) is 5.53. The Morgan fingerprint density at radius 3 is 2.33 bits per heavy atom. The molecule has 0 aliphatic heterocycles. The molecule has 3 N–H and O–H groups in total. The van der Waals surface area contributed by atoms with Gasteiger partial charge in [0.25, 0.3) is 0 Å². The minimum absolute atomic E-state index is 0.202. The van der Waals surface area contributed by atoms with Crippen molar-refractivity contribution in [3.63, 3.8) is 0 Å². The Morgan fingerprint density at radius 2 is 1.86 bits per heavy atom. The van der Waals surface area contributed by atoms with Gasteiger partial charge < -0.3 is 10.5 Å². The Bertz CT molecular complexity index is 674. The van der Waals surface area contributed by atoms with E-state index in [1.807, 2.05) is 0 Å². The van der Waals surface area contributed by atoms with E-state index in [1.54, 1.807) is 14.0 Å². The molecule has 0 atom stereocenters. The first-order valence-corrected chi connectivity index (χ1v) is 5.93. The highest BCUT2D eigenvalue weighted by molar-refractivity contribution is 5.98. The van der Waals surface area contributed by atoms with Crippen molar-refractivity contribution in [3.8, 4) is 11.6 Å². The summed E-state index contributed by atoms with van der Waals surface area (Å²) in [4.78, 5) is 0. The van der Waals surface area contributed by atoms with Crippen molar-refractivity contribution in [1.29, 1.82) is 5.41 Å². The van der Waals surface area contributed by atoms with E-state index in [0.717, 1.165) is 12.1 Å². The molecular weight excluding hydrogens is 285 g/mol. The largest absolute Gasteiger partial charge is 0.439 e. The summed E-state index contributed by atoms with van der Waals surface area (Å²) in [6, 6.07) is 4.25. The van der Waals surface area contributed by atoms with Crippen LogP contribution in [0.1, 0.15) is 16.8 Å². The van der Waals surface area contributed by atoms with Crippen molar-refractivity contribution in [2.75, 3.05) is 0 Å². The van der Waals surface area contributed by atoms with Crippen LogP contribution in [0.3, 0.4) is 0 Å². The van der Waals surface area contributed by atoms with Crippen molar-refractivity contribution < 1.29 is 17.9 Å². The van der Waals surface area contributed by atoms with Crippen LogP contribution in [0, 0.1) is 12.3 Å². The number of nitrogens with one attached hydrogen (secondary N) is 1.